The van der Waals surface area contributed by atoms with Crippen molar-refractivity contribution in [1.29, 1.82) is 0 Å². The van der Waals surface area contributed by atoms with Gasteiger partial charge in [0.1, 0.15) is 11.3 Å². The number of imidazole rings is 1. The van der Waals surface area contributed by atoms with Crippen LogP contribution in [0.1, 0.15) is 30.8 Å². The molecular formula is C17H19N3. The summed E-state index contributed by atoms with van der Waals surface area (Å²) in [5, 5.41) is 0. The van der Waals surface area contributed by atoms with Crippen molar-refractivity contribution in [3.8, 4) is 5.69 Å². The van der Waals surface area contributed by atoms with Crippen molar-refractivity contribution in [1.82, 2.24) is 14.5 Å². The fraction of sp³-hybridized carbons (Fsp3) is 0.294. The molecule has 0 spiro atoms. The Morgan fingerprint density at radius 3 is 2.45 bits per heavy atom. The van der Waals surface area contributed by atoms with E-state index in [1.54, 1.807) is 0 Å². The summed E-state index contributed by atoms with van der Waals surface area (Å²) >= 11 is 0. The van der Waals surface area contributed by atoms with Crippen molar-refractivity contribution in [2.75, 3.05) is 0 Å². The summed E-state index contributed by atoms with van der Waals surface area (Å²) in [6.45, 7) is 6.35. The fourth-order valence-electron chi connectivity index (χ4n) is 2.50. The van der Waals surface area contributed by atoms with E-state index in [9.17, 15) is 0 Å². The molecule has 0 amide bonds. The Hall–Kier alpha value is -2.16. The molecule has 0 N–H and O–H groups in total. The van der Waals surface area contributed by atoms with E-state index >= 15 is 0 Å². The van der Waals surface area contributed by atoms with Gasteiger partial charge in [0.05, 0.1) is 0 Å². The highest BCUT2D eigenvalue weighted by Gasteiger charge is 2.12. The van der Waals surface area contributed by atoms with Gasteiger partial charge in [-0.15, -0.1) is 0 Å². The second kappa shape index (κ2) is 5.08. The molecular weight excluding hydrogens is 246 g/mol. The van der Waals surface area contributed by atoms with Gasteiger partial charge in [0.25, 0.3) is 0 Å². The summed E-state index contributed by atoms with van der Waals surface area (Å²) in [7, 11) is 0. The number of aromatic nitrogens is 3. The lowest BCUT2D eigenvalue weighted by molar-refractivity contribution is 0.900. The second-order valence-electron chi connectivity index (χ2n) is 5.09. The van der Waals surface area contributed by atoms with E-state index in [1.807, 2.05) is 13.1 Å². The zero-order chi connectivity index (χ0) is 14.1. The molecule has 0 atom stereocenters. The third-order valence-corrected chi connectivity index (χ3v) is 3.62. The first-order valence-corrected chi connectivity index (χ1v) is 7.16. The van der Waals surface area contributed by atoms with Gasteiger partial charge in [-0.3, -0.25) is 4.57 Å². The van der Waals surface area contributed by atoms with Crippen LogP contribution in [-0.4, -0.2) is 14.5 Å². The van der Waals surface area contributed by atoms with E-state index < -0.39 is 0 Å². The summed E-state index contributed by atoms with van der Waals surface area (Å²) in [6, 6.07) is 10.8. The molecule has 3 heteroatoms. The van der Waals surface area contributed by atoms with E-state index in [-0.39, 0.29) is 0 Å². The minimum absolute atomic E-state index is 0.894. The Bertz CT molecular complexity index is 739. The SMILES string of the molecule is CCc1ccc(-n2c(CC)nc3cc(C)cnc32)cc1. The summed E-state index contributed by atoms with van der Waals surface area (Å²) in [4.78, 5) is 9.28. The fourth-order valence-corrected chi connectivity index (χ4v) is 2.50. The van der Waals surface area contributed by atoms with Gasteiger partial charge in [0.2, 0.25) is 0 Å². The first-order chi connectivity index (χ1) is 9.72. The van der Waals surface area contributed by atoms with Crippen molar-refractivity contribution in [3.63, 3.8) is 0 Å². The standard InChI is InChI=1S/C17H19N3/c1-4-13-6-8-14(9-7-13)20-16(5-2)19-15-10-12(3)11-18-17(15)20/h6-11H,4-5H2,1-3H3. The smallest absolute Gasteiger partial charge is 0.164 e. The summed E-state index contributed by atoms with van der Waals surface area (Å²) < 4.78 is 2.16. The number of benzene rings is 1. The minimum atomic E-state index is 0.894. The molecule has 0 unspecified atom stereocenters. The monoisotopic (exact) mass is 265 g/mol. The molecule has 0 aliphatic heterocycles. The third-order valence-electron chi connectivity index (χ3n) is 3.62. The molecule has 3 aromatic rings. The van der Waals surface area contributed by atoms with Crippen LogP contribution >= 0.6 is 0 Å². The lowest BCUT2D eigenvalue weighted by Gasteiger charge is -2.08. The second-order valence-corrected chi connectivity index (χ2v) is 5.09. The molecule has 20 heavy (non-hydrogen) atoms. The Morgan fingerprint density at radius 2 is 1.80 bits per heavy atom. The molecule has 0 radical (unpaired) electrons. The summed E-state index contributed by atoms with van der Waals surface area (Å²) in [5.74, 6) is 1.06. The molecule has 3 nitrogen and oxygen atoms in total. The van der Waals surface area contributed by atoms with Gasteiger partial charge in [0, 0.05) is 18.3 Å². The van der Waals surface area contributed by atoms with Crippen LogP contribution in [0, 0.1) is 6.92 Å². The maximum Gasteiger partial charge on any atom is 0.164 e. The molecule has 0 aliphatic carbocycles. The van der Waals surface area contributed by atoms with E-state index in [2.05, 4.69) is 53.7 Å². The highest BCUT2D eigenvalue weighted by Crippen LogP contribution is 2.21. The van der Waals surface area contributed by atoms with Crippen LogP contribution in [0.15, 0.2) is 36.5 Å². The van der Waals surface area contributed by atoms with Gasteiger partial charge in [-0.2, -0.15) is 0 Å². The molecule has 1 aromatic carbocycles. The first-order valence-electron chi connectivity index (χ1n) is 7.16. The normalized spacial score (nSPS) is 11.2. The number of hydrogen-bond acceptors (Lipinski definition) is 2. The van der Waals surface area contributed by atoms with Crippen LogP contribution in [0.4, 0.5) is 0 Å². The topological polar surface area (TPSA) is 30.7 Å². The van der Waals surface area contributed by atoms with Crippen molar-refractivity contribution in [2.45, 2.75) is 33.6 Å². The zero-order valence-corrected chi connectivity index (χ0v) is 12.2. The Labute approximate surface area is 119 Å². The van der Waals surface area contributed by atoms with Crippen LogP contribution in [-0.2, 0) is 12.8 Å². The van der Waals surface area contributed by atoms with Gasteiger partial charge < -0.3 is 0 Å². The lowest BCUT2D eigenvalue weighted by Crippen LogP contribution is -2.01. The Balaban J connectivity index is 2.22. The maximum absolute atomic E-state index is 4.71. The van der Waals surface area contributed by atoms with Gasteiger partial charge in [-0.05, 0) is 42.7 Å². The first kappa shape index (κ1) is 12.9. The van der Waals surface area contributed by atoms with Crippen LogP contribution in [0.25, 0.3) is 16.9 Å². The zero-order valence-electron chi connectivity index (χ0n) is 12.2. The lowest BCUT2D eigenvalue weighted by atomic mass is 10.1. The molecule has 3 rings (SSSR count). The van der Waals surface area contributed by atoms with E-state index in [1.165, 1.54) is 5.56 Å². The average molecular weight is 265 g/mol. The van der Waals surface area contributed by atoms with Crippen LogP contribution < -0.4 is 0 Å². The molecule has 0 fully saturated rings. The van der Waals surface area contributed by atoms with E-state index in [0.29, 0.717) is 0 Å². The average Bonchev–Trinajstić information content (AvgIpc) is 2.84. The predicted molar refractivity (Wildman–Crippen MR) is 82.4 cm³/mol. The maximum atomic E-state index is 4.71. The molecule has 0 saturated carbocycles. The highest BCUT2D eigenvalue weighted by molar-refractivity contribution is 5.74. The van der Waals surface area contributed by atoms with Crippen molar-refractivity contribution in [3.05, 3.63) is 53.5 Å². The van der Waals surface area contributed by atoms with E-state index in [0.717, 1.165) is 41.1 Å². The molecule has 0 saturated heterocycles. The summed E-state index contributed by atoms with van der Waals surface area (Å²) in [6.07, 6.45) is 3.86. The number of aryl methyl sites for hydroxylation is 3. The van der Waals surface area contributed by atoms with Gasteiger partial charge >= 0.3 is 0 Å². The van der Waals surface area contributed by atoms with Crippen molar-refractivity contribution >= 4 is 11.2 Å². The number of fused-ring (bicyclic) bond motifs is 1. The largest absolute Gasteiger partial charge is 0.281 e. The molecule has 0 aliphatic rings. The third kappa shape index (κ3) is 2.09. The van der Waals surface area contributed by atoms with E-state index in [4.69, 9.17) is 4.98 Å². The number of nitrogens with zero attached hydrogens (tertiary/aromatic N) is 3. The highest BCUT2D eigenvalue weighted by atomic mass is 15.1. The molecule has 102 valence electrons. The van der Waals surface area contributed by atoms with Crippen molar-refractivity contribution in [2.24, 2.45) is 0 Å². The van der Waals surface area contributed by atoms with Crippen LogP contribution in [0.2, 0.25) is 0 Å². The predicted octanol–water partition coefficient (Wildman–Crippen LogP) is 3.85. The van der Waals surface area contributed by atoms with Crippen molar-refractivity contribution < 1.29 is 0 Å². The Kier molecular flexibility index (Phi) is 3.26. The Morgan fingerprint density at radius 1 is 1.05 bits per heavy atom. The van der Waals surface area contributed by atoms with Gasteiger partial charge in [-0.1, -0.05) is 26.0 Å². The van der Waals surface area contributed by atoms with Crippen LogP contribution in [0.5, 0.6) is 0 Å². The van der Waals surface area contributed by atoms with Gasteiger partial charge in [-0.25, -0.2) is 9.97 Å². The van der Waals surface area contributed by atoms with Gasteiger partial charge in [0.15, 0.2) is 5.65 Å². The molecule has 2 heterocycles. The summed E-state index contributed by atoms with van der Waals surface area (Å²) in [5.41, 5.74) is 5.54. The number of rotatable bonds is 3. The number of pyridine rings is 1. The minimum Gasteiger partial charge on any atom is -0.281 e. The molecule has 2 aromatic heterocycles. The van der Waals surface area contributed by atoms with Crippen LogP contribution in [0.3, 0.4) is 0 Å². The molecule has 0 bridgehead atoms. The number of hydrogen-bond donors (Lipinski definition) is 0. The quantitative estimate of drug-likeness (QED) is 0.720.